The molecule has 5 nitrogen and oxygen atoms in total. The molecule has 0 aliphatic carbocycles. The lowest BCUT2D eigenvalue weighted by molar-refractivity contribution is -0.704. The highest BCUT2D eigenvalue weighted by atomic mass is 15.2. The number of aromatic nitrogens is 2. The van der Waals surface area contributed by atoms with Crippen LogP contribution in [0.2, 0.25) is 0 Å². The van der Waals surface area contributed by atoms with Crippen LogP contribution in [0.3, 0.4) is 0 Å². The van der Waals surface area contributed by atoms with Crippen LogP contribution < -0.4 is 18.9 Å². The highest BCUT2D eigenvalue weighted by Crippen LogP contribution is 2.11. The Labute approximate surface area is 155 Å². The fourth-order valence-electron chi connectivity index (χ4n) is 2.57. The van der Waals surface area contributed by atoms with Gasteiger partial charge in [0.05, 0.1) is 4.99 Å². The zero-order chi connectivity index (χ0) is 18.5. The molecule has 1 aromatic carbocycles. The van der Waals surface area contributed by atoms with Gasteiger partial charge in [-0.2, -0.15) is 0 Å². The van der Waals surface area contributed by atoms with Crippen molar-refractivity contribution in [1.82, 2.24) is 0 Å². The van der Waals surface area contributed by atoms with Crippen LogP contribution in [0.25, 0.3) is 0 Å². The fraction of sp³-hybridized carbons (Fsp3) is 0.190. The summed E-state index contributed by atoms with van der Waals surface area (Å²) in [6.07, 6.45) is 8.13. The van der Waals surface area contributed by atoms with Crippen molar-refractivity contribution >= 4 is 23.0 Å². The first-order valence-electron chi connectivity index (χ1n) is 8.56. The Morgan fingerprint density at radius 2 is 1.08 bits per heavy atom. The van der Waals surface area contributed by atoms with E-state index in [1.165, 1.54) is 0 Å². The van der Waals surface area contributed by atoms with Gasteiger partial charge in [-0.1, -0.05) is 18.2 Å². The number of benzene rings is 1. The van der Waals surface area contributed by atoms with Crippen molar-refractivity contribution in [2.45, 2.75) is 0 Å². The van der Waals surface area contributed by atoms with E-state index in [9.17, 15) is 0 Å². The molecule has 0 radical (unpaired) electrons. The third-order valence-electron chi connectivity index (χ3n) is 4.10. The van der Waals surface area contributed by atoms with E-state index < -0.39 is 0 Å². The summed E-state index contributed by atoms with van der Waals surface area (Å²) in [7, 11) is 8.14. The molecule has 0 aliphatic rings. The van der Waals surface area contributed by atoms with Crippen LogP contribution in [0.1, 0.15) is 0 Å². The van der Waals surface area contributed by atoms with E-state index in [4.69, 9.17) is 4.99 Å². The smallest absolute Gasteiger partial charge is 0.377 e. The zero-order valence-electron chi connectivity index (χ0n) is 15.7. The molecular formula is C21H25N5+2. The molecule has 0 saturated heterocycles. The Morgan fingerprint density at radius 3 is 1.46 bits per heavy atom. The second-order valence-electron chi connectivity index (χ2n) is 6.46. The molecule has 0 bridgehead atoms. The third-order valence-corrected chi connectivity index (χ3v) is 4.10. The van der Waals surface area contributed by atoms with E-state index >= 15 is 0 Å². The maximum absolute atomic E-state index is 4.86. The van der Waals surface area contributed by atoms with Gasteiger partial charge < -0.3 is 9.80 Å². The largest absolute Gasteiger partial charge is 0.592 e. The number of anilines is 2. The predicted molar refractivity (Wildman–Crippen MR) is 106 cm³/mol. The summed E-state index contributed by atoms with van der Waals surface area (Å²) in [5, 5.41) is 0. The summed E-state index contributed by atoms with van der Waals surface area (Å²) in [6, 6.07) is 18.3. The average Bonchev–Trinajstić information content (AvgIpc) is 2.67. The number of pyridine rings is 2. The monoisotopic (exact) mass is 347 g/mol. The van der Waals surface area contributed by atoms with Crippen molar-refractivity contribution in [1.29, 1.82) is 0 Å². The van der Waals surface area contributed by atoms with Crippen molar-refractivity contribution in [3.8, 4) is 0 Å². The highest BCUT2D eigenvalue weighted by Gasteiger charge is 2.25. The normalized spacial score (nSPS) is 10.3. The number of hydrogen-bond donors (Lipinski definition) is 0. The lowest BCUT2D eigenvalue weighted by Gasteiger charge is -2.11. The molecule has 0 atom stereocenters. The van der Waals surface area contributed by atoms with Crippen molar-refractivity contribution < 1.29 is 9.13 Å². The lowest BCUT2D eigenvalue weighted by atomic mass is 10.3. The molecule has 2 heterocycles. The fourth-order valence-corrected chi connectivity index (χ4v) is 2.57. The number of hydrogen-bond acceptors (Lipinski definition) is 3. The van der Waals surface area contributed by atoms with Gasteiger partial charge in [0.25, 0.3) is 0 Å². The van der Waals surface area contributed by atoms with Gasteiger partial charge in [-0.3, -0.25) is 0 Å². The zero-order valence-corrected chi connectivity index (χ0v) is 15.7. The van der Waals surface area contributed by atoms with Crippen LogP contribution in [0.15, 0.2) is 84.4 Å². The Hall–Kier alpha value is -3.21. The van der Waals surface area contributed by atoms with Crippen molar-refractivity contribution in [3.05, 3.63) is 79.4 Å². The standard InChI is InChI=1S/C21H25N5/c1-23(2)19-10-14-25(15-11-19)21(22-18-8-6-5-7-9-18)26-16-12-20(13-17-26)24(3)4/h5-17H,1-4H3/q+2. The minimum Gasteiger partial charge on any atom is -0.377 e. The Balaban J connectivity index is 2.06. The summed E-state index contributed by atoms with van der Waals surface area (Å²) in [4.78, 5) is 9.02. The van der Waals surface area contributed by atoms with E-state index in [1.807, 2.05) is 92.4 Å². The molecule has 0 saturated carbocycles. The van der Waals surface area contributed by atoms with E-state index in [2.05, 4.69) is 34.1 Å². The van der Waals surface area contributed by atoms with Gasteiger partial charge in [-0.25, -0.2) is 0 Å². The molecule has 0 spiro atoms. The number of para-hydroxylation sites is 1. The van der Waals surface area contributed by atoms with Crippen molar-refractivity contribution in [2.75, 3.05) is 38.0 Å². The first-order chi connectivity index (χ1) is 12.5. The van der Waals surface area contributed by atoms with Gasteiger partial charge in [0, 0.05) is 63.8 Å². The highest BCUT2D eigenvalue weighted by molar-refractivity contribution is 5.66. The molecule has 2 aromatic heterocycles. The van der Waals surface area contributed by atoms with E-state index in [-0.39, 0.29) is 0 Å². The average molecular weight is 347 g/mol. The Morgan fingerprint density at radius 1 is 0.654 bits per heavy atom. The summed E-state index contributed by atoms with van der Waals surface area (Å²) in [5.74, 6) is 0.812. The van der Waals surface area contributed by atoms with Crippen molar-refractivity contribution in [3.63, 3.8) is 0 Å². The minimum absolute atomic E-state index is 0.812. The first-order valence-corrected chi connectivity index (χ1v) is 8.56. The van der Waals surface area contributed by atoms with Crippen LogP contribution in [-0.2, 0) is 0 Å². The lowest BCUT2D eigenvalue weighted by Crippen LogP contribution is -2.60. The predicted octanol–water partition coefficient (Wildman–Crippen LogP) is 2.48. The van der Waals surface area contributed by atoms with E-state index in [0.717, 1.165) is 23.0 Å². The molecule has 0 unspecified atom stereocenters. The van der Waals surface area contributed by atoms with Crippen molar-refractivity contribution in [2.24, 2.45) is 4.99 Å². The van der Waals surface area contributed by atoms with Crippen LogP contribution in [0, 0.1) is 0 Å². The van der Waals surface area contributed by atoms with Crippen LogP contribution >= 0.6 is 0 Å². The number of nitrogens with zero attached hydrogens (tertiary/aromatic N) is 5. The second kappa shape index (κ2) is 7.78. The summed E-state index contributed by atoms with van der Waals surface area (Å²) in [6.45, 7) is 0. The van der Waals surface area contributed by atoms with Crippen LogP contribution in [0.5, 0.6) is 0 Å². The molecule has 3 aromatic rings. The molecule has 0 N–H and O–H groups in total. The second-order valence-corrected chi connectivity index (χ2v) is 6.46. The summed E-state index contributed by atoms with van der Waals surface area (Å²) < 4.78 is 4.05. The van der Waals surface area contributed by atoms with Gasteiger partial charge in [-0.05, 0) is 12.1 Å². The molecule has 132 valence electrons. The Bertz CT molecular complexity index is 813. The summed E-state index contributed by atoms with van der Waals surface area (Å²) in [5.41, 5.74) is 3.21. The van der Waals surface area contributed by atoms with Crippen LogP contribution in [-0.4, -0.2) is 34.2 Å². The molecule has 0 fully saturated rings. The molecular weight excluding hydrogens is 322 g/mol. The first kappa shape index (κ1) is 17.6. The molecule has 0 amide bonds. The van der Waals surface area contributed by atoms with Gasteiger partial charge >= 0.3 is 5.96 Å². The quantitative estimate of drug-likeness (QED) is 0.413. The minimum atomic E-state index is 0.812. The van der Waals surface area contributed by atoms with Gasteiger partial charge in [0.15, 0.2) is 0 Å². The van der Waals surface area contributed by atoms with Crippen LogP contribution in [0.4, 0.5) is 17.1 Å². The van der Waals surface area contributed by atoms with Gasteiger partial charge in [0.2, 0.25) is 5.69 Å². The van der Waals surface area contributed by atoms with Gasteiger partial charge in [-0.15, -0.1) is 9.13 Å². The molecule has 26 heavy (non-hydrogen) atoms. The maximum atomic E-state index is 4.86. The van der Waals surface area contributed by atoms with E-state index in [1.54, 1.807) is 0 Å². The van der Waals surface area contributed by atoms with E-state index in [0.29, 0.717) is 0 Å². The Kier molecular flexibility index (Phi) is 5.27. The number of rotatable bonds is 3. The number of aliphatic imine (C=N–C) groups is 1. The topological polar surface area (TPSA) is 26.6 Å². The third kappa shape index (κ3) is 4.06. The van der Waals surface area contributed by atoms with Gasteiger partial charge in [0.1, 0.15) is 24.8 Å². The molecule has 5 heteroatoms. The summed E-state index contributed by atoms with van der Waals surface area (Å²) >= 11 is 0. The molecule has 0 aliphatic heterocycles. The molecule has 3 rings (SSSR count). The SMILES string of the molecule is CN(C)c1cc[n+](C(=Nc2ccccc2)[n+]2ccc(N(C)C)cc2)cc1. The maximum Gasteiger partial charge on any atom is 0.592 e.